The fourth-order valence-corrected chi connectivity index (χ4v) is 2.68. The van der Waals surface area contributed by atoms with E-state index >= 15 is 0 Å². The fourth-order valence-electron chi connectivity index (χ4n) is 2.68. The molecular formula is C16H28N4O6. The molecule has 1 aliphatic heterocycles. The van der Waals surface area contributed by atoms with Crippen LogP contribution in [0.3, 0.4) is 0 Å². The molecule has 0 aromatic heterocycles. The number of likely N-dealkylation sites (tertiary alicyclic amines) is 1. The normalized spacial score (nSPS) is 20.4. The Balaban J connectivity index is 2.60. The highest BCUT2D eigenvalue weighted by Crippen LogP contribution is 2.19. The lowest BCUT2D eigenvalue weighted by atomic mass is 10.0. The maximum atomic E-state index is 12.4. The summed E-state index contributed by atoms with van der Waals surface area (Å²) in [5, 5.41) is 22.8. The van der Waals surface area contributed by atoms with Crippen molar-refractivity contribution >= 4 is 23.7 Å². The Hall–Kier alpha value is -2.20. The molecule has 0 radical (unpaired) electrons. The van der Waals surface area contributed by atoms with Gasteiger partial charge in [-0.25, -0.2) is 4.79 Å². The third kappa shape index (κ3) is 5.67. The van der Waals surface area contributed by atoms with Crippen LogP contribution in [0, 0.1) is 5.92 Å². The van der Waals surface area contributed by atoms with Gasteiger partial charge in [0.25, 0.3) is 0 Å². The molecule has 10 nitrogen and oxygen atoms in total. The van der Waals surface area contributed by atoms with Gasteiger partial charge >= 0.3 is 5.97 Å². The Labute approximate surface area is 152 Å². The molecule has 1 heterocycles. The van der Waals surface area contributed by atoms with Gasteiger partial charge in [0.05, 0.1) is 18.7 Å². The second-order valence-electron chi connectivity index (χ2n) is 6.80. The molecule has 0 aliphatic carbocycles. The van der Waals surface area contributed by atoms with E-state index in [0.29, 0.717) is 19.4 Å². The highest BCUT2D eigenvalue weighted by Gasteiger charge is 2.37. The summed E-state index contributed by atoms with van der Waals surface area (Å²) in [5.74, 6) is -2.99. The van der Waals surface area contributed by atoms with Crippen LogP contribution in [0.1, 0.15) is 33.6 Å². The number of aliphatic hydroxyl groups is 1. The van der Waals surface area contributed by atoms with Crippen molar-refractivity contribution in [3.05, 3.63) is 0 Å². The average molecular weight is 372 g/mol. The summed E-state index contributed by atoms with van der Waals surface area (Å²) < 4.78 is 0. The maximum absolute atomic E-state index is 12.4. The molecule has 0 spiro atoms. The van der Waals surface area contributed by atoms with Crippen LogP contribution in [-0.2, 0) is 19.2 Å². The van der Waals surface area contributed by atoms with E-state index in [0.717, 1.165) is 0 Å². The number of nitrogens with zero attached hydrogens (tertiary/aromatic N) is 1. The summed E-state index contributed by atoms with van der Waals surface area (Å²) in [7, 11) is 0. The third-order valence-electron chi connectivity index (χ3n) is 4.33. The molecule has 148 valence electrons. The molecular weight excluding hydrogens is 344 g/mol. The second-order valence-corrected chi connectivity index (χ2v) is 6.80. The number of hydrogen-bond acceptors (Lipinski definition) is 6. The first-order chi connectivity index (χ1) is 12.1. The van der Waals surface area contributed by atoms with Gasteiger partial charge in [0.2, 0.25) is 17.7 Å². The monoisotopic (exact) mass is 372 g/mol. The van der Waals surface area contributed by atoms with E-state index in [1.54, 1.807) is 0 Å². The topological polar surface area (TPSA) is 162 Å². The van der Waals surface area contributed by atoms with Crippen LogP contribution in [0.5, 0.6) is 0 Å². The molecule has 4 atom stereocenters. The number of nitrogens with two attached hydrogens (primary N) is 1. The fraction of sp³-hybridized carbons (Fsp3) is 0.750. The Bertz CT molecular complexity index is 551. The smallest absolute Gasteiger partial charge is 0.328 e. The van der Waals surface area contributed by atoms with E-state index in [1.165, 1.54) is 11.8 Å². The number of carboxylic acids is 1. The van der Waals surface area contributed by atoms with Crippen LogP contribution >= 0.6 is 0 Å². The van der Waals surface area contributed by atoms with Gasteiger partial charge in [-0.1, -0.05) is 13.8 Å². The molecule has 1 rings (SSSR count). The summed E-state index contributed by atoms with van der Waals surface area (Å²) in [4.78, 5) is 48.9. The van der Waals surface area contributed by atoms with Crippen molar-refractivity contribution < 1.29 is 29.4 Å². The van der Waals surface area contributed by atoms with Gasteiger partial charge in [-0.05, 0) is 25.7 Å². The van der Waals surface area contributed by atoms with Crippen molar-refractivity contribution in [1.82, 2.24) is 15.5 Å². The number of carbonyl (C=O) groups is 4. The minimum absolute atomic E-state index is 0.0639. The first kappa shape index (κ1) is 21.8. The Morgan fingerprint density at radius 1 is 1.23 bits per heavy atom. The largest absolute Gasteiger partial charge is 0.480 e. The quantitative estimate of drug-likeness (QED) is 0.330. The van der Waals surface area contributed by atoms with E-state index in [-0.39, 0.29) is 11.8 Å². The Morgan fingerprint density at radius 3 is 2.35 bits per heavy atom. The Kier molecular flexibility index (Phi) is 7.97. The van der Waals surface area contributed by atoms with Gasteiger partial charge in [-0.15, -0.1) is 0 Å². The van der Waals surface area contributed by atoms with E-state index < -0.39 is 48.6 Å². The van der Waals surface area contributed by atoms with E-state index in [9.17, 15) is 24.3 Å². The Morgan fingerprint density at radius 2 is 1.85 bits per heavy atom. The highest BCUT2D eigenvalue weighted by atomic mass is 16.4. The molecule has 0 bridgehead atoms. The molecule has 6 N–H and O–H groups in total. The van der Waals surface area contributed by atoms with Crippen molar-refractivity contribution in [2.45, 2.75) is 57.8 Å². The van der Waals surface area contributed by atoms with E-state index in [4.69, 9.17) is 10.8 Å². The number of hydrogen-bond donors (Lipinski definition) is 5. The molecule has 4 unspecified atom stereocenters. The van der Waals surface area contributed by atoms with Crippen molar-refractivity contribution in [2.24, 2.45) is 11.7 Å². The minimum Gasteiger partial charge on any atom is -0.480 e. The summed E-state index contributed by atoms with van der Waals surface area (Å²) >= 11 is 0. The zero-order valence-electron chi connectivity index (χ0n) is 15.3. The van der Waals surface area contributed by atoms with Gasteiger partial charge in [0, 0.05) is 6.54 Å². The molecule has 10 heteroatoms. The van der Waals surface area contributed by atoms with Gasteiger partial charge < -0.3 is 31.5 Å². The zero-order chi connectivity index (χ0) is 20.0. The van der Waals surface area contributed by atoms with Crippen LogP contribution in [0.15, 0.2) is 0 Å². The average Bonchev–Trinajstić information content (AvgIpc) is 3.05. The number of aliphatic hydroxyl groups excluding tert-OH is 1. The third-order valence-corrected chi connectivity index (χ3v) is 4.33. The molecule has 3 amide bonds. The van der Waals surface area contributed by atoms with Crippen molar-refractivity contribution in [3.63, 3.8) is 0 Å². The van der Waals surface area contributed by atoms with Crippen LogP contribution in [0.25, 0.3) is 0 Å². The predicted molar refractivity (Wildman–Crippen MR) is 91.8 cm³/mol. The number of carboxylic acid groups (broad SMARTS) is 1. The first-order valence-corrected chi connectivity index (χ1v) is 8.60. The van der Waals surface area contributed by atoms with Crippen LogP contribution in [0.2, 0.25) is 0 Å². The summed E-state index contributed by atoms with van der Waals surface area (Å²) in [6, 6.07) is -2.87. The standard InChI is InChI=1S/C16H28N4O6/c1-8(2)12(17)15(24)20-6-4-5-10(20)14(23)18-7-11(22)19-13(9(3)21)16(25)26/h8-10,12-13,21H,4-7,17H2,1-3H3,(H,18,23)(H,19,22)(H,25,26). The number of amides is 3. The molecule has 26 heavy (non-hydrogen) atoms. The second kappa shape index (κ2) is 9.48. The number of aliphatic carboxylic acids is 1. The molecule has 1 saturated heterocycles. The molecule has 1 fully saturated rings. The number of nitrogens with one attached hydrogen (secondary N) is 2. The number of rotatable bonds is 8. The summed E-state index contributed by atoms with van der Waals surface area (Å²) in [6.07, 6.45) is -0.160. The lowest BCUT2D eigenvalue weighted by molar-refractivity contribution is -0.145. The summed E-state index contributed by atoms with van der Waals surface area (Å²) in [6.45, 7) is 4.84. The van der Waals surface area contributed by atoms with Crippen molar-refractivity contribution in [3.8, 4) is 0 Å². The van der Waals surface area contributed by atoms with Crippen molar-refractivity contribution in [1.29, 1.82) is 0 Å². The lowest BCUT2D eigenvalue weighted by Gasteiger charge is -2.28. The van der Waals surface area contributed by atoms with Crippen LogP contribution in [-0.4, -0.2) is 76.1 Å². The van der Waals surface area contributed by atoms with Gasteiger partial charge in [0.1, 0.15) is 6.04 Å². The number of carbonyl (C=O) groups excluding carboxylic acids is 3. The minimum atomic E-state index is -1.46. The van der Waals surface area contributed by atoms with Crippen molar-refractivity contribution in [2.75, 3.05) is 13.1 Å². The molecule has 0 saturated carbocycles. The first-order valence-electron chi connectivity index (χ1n) is 8.60. The summed E-state index contributed by atoms with van der Waals surface area (Å²) in [5.41, 5.74) is 5.87. The van der Waals surface area contributed by atoms with E-state index in [1.807, 2.05) is 13.8 Å². The molecule has 0 aromatic carbocycles. The van der Waals surface area contributed by atoms with Crippen LogP contribution in [0.4, 0.5) is 0 Å². The molecule has 1 aliphatic rings. The zero-order valence-corrected chi connectivity index (χ0v) is 15.3. The SMILES string of the molecule is CC(C)C(N)C(=O)N1CCCC1C(=O)NCC(=O)NC(C(=O)O)C(C)O. The van der Waals surface area contributed by atoms with Gasteiger partial charge in [-0.2, -0.15) is 0 Å². The van der Waals surface area contributed by atoms with Gasteiger partial charge in [-0.3, -0.25) is 14.4 Å². The maximum Gasteiger partial charge on any atom is 0.328 e. The van der Waals surface area contributed by atoms with Gasteiger partial charge in [0.15, 0.2) is 6.04 Å². The lowest BCUT2D eigenvalue weighted by Crippen LogP contribution is -2.54. The molecule has 0 aromatic rings. The predicted octanol–water partition coefficient (Wildman–Crippen LogP) is -1.97. The van der Waals surface area contributed by atoms with Crippen LogP contribution < -0.4 is 16.4 Å². The van der Waals surface area contributed by atoms with E-state index in [2.05, 4.69) is 10.6 Å². The highest BCUT2D eigenvalue weighted by molar-refractivity contribution is 5.93.